The molecule has 2 aromatic carbocycles. The van der Waals surface area contributed by atoms with Gasteiger partial charge >= 0.3 is 11.9 Å². The molecular formula is C33H45NO6. The van der Waals surface area contributed by atoms with Crippen molar-refractivity contribution in [1.29, 1.82) is 0 Å². The highest BCUT2D eigenvalue weighted by Crippen LogP contribution is 2.33. The highest BCUT2D eigenvalue weighted by Gasteiger charge is 2.25. The summed E-state index contributed by atoms with van der Waals surface area (Å²) in [5.74, 6) is 0.488. The van der Waals surface area contributed by atoms with Crippen LogP contribution in [-0.2, 0) is 23.8 Å². The Balaban J connectivity index is 1.80. The van der Waals surface area contributed by atoms with Crippen molar-refractivity contribution in [2.24, 2.45) is 5.92 Å². The van der Waals surface area contributed by atoms with Crippen LogP contribution in [0.25, 0.3) is 17.2 Å². The zero-order valence-corrected chi connectivity index (χ0v) is 25.0. The minimum atomic E-state index is -0.568. The summed E-state index contributed by atoms with van der Waals surface area (Å²) in [5, 5.41) is 0. The molecule has 0 N–H and O–H groups in total. The number of ether oxygens (including phenoxy) is 4. The molecule has 1 atom stereocenters. The molecule has 0 saturated carbocycles. The van der Waals surface area contributed by atoms with E-state index in [0.29, 0.717) is 25.4 Å². The van der Waals surface area contributed by atoms with Gasteiger partial charge in [-0.05, 0) is 87.6 Å². The maximum atomic E-state index is 12.8. The highest BCUT2D eigenvalue weighted by atomic mass is 16.6. The van der Waals surface area contributed by atoms with Crippen LogP contribution in [0, 0.1) is 5.92 Å². The number of hydrogen-bond acceptors (Lipinski definition) is 7. The second-order valence-electron chi connectivity index (χ2n) is 11.3. The topological polar surface area (TPSA) is 74.3 Å². The van der Waals surface area contributed by atoms with E-state index in [1.54, 1.807) is 6.92 Å². The fourth-order valence-corrected chi connectivity index (χ4v) is 4.52. The smallest absolute Gasteiger partial charge is 0.334 e. The molecule has 40 heavy (non-hydrogen) atoms. The van der Waals surface area contributed by atoms with Crippen molar-refractivity contribution in [1.82, 2.24) is 0 Å². The van der Waals surface area contributed by atoms with Gasteiger partial charge < -0.3 is 23.8 Å². The van der Waals surface area contributed by atoms with Crippen molar-refractivity contribution in [3.8, 4) is 16.9 Å². The number of unbranched alkanes of at least 4 members (excludes halogenated alkanes) is 1. The Morgan fingerprint density at radius 1 is 1.00 bits per heavy atom. The zero-order valence-electron chi connectivity index (χ0n) is 25.0. The van der Waals surface area contributed by atoms with Gasteiger partial charge in [0, 0.05) is 43.8 Å². The van der Waals surface area contributed by atoms with Crippen LogP contribution in [0.3, 0.4) is 0 Å². The summed E-state index contributed by atoms with van der Waals surface area (Å²) in [6.45, 7) is 14.9. The summed E-state index contributed by atoms with van der Waals surface area (Å²) in [6.07, 6.45) is 5.03. The molecule has 218 valence electrons. The summed E-state index contributed by atoms with van der Waals surface area (Å²) in [4.78, 5) is 26.4. The number of hydrogen-bond donors (Lipinski definition) is 0. The van der Waals surface area contributed by atoms with Gasteiger partial charge in [-0.15, -0.1) is 0 Å². The van der Waals surface area contributed by atoms with Gasteiger partial charge in [0.2, 0.25) is 0 Å². The van der Waals surface area contributed by atoms with E-state index in [1.807, 2.05) is 51.1 Å². The molecule has 0 bridgehead atoms. The zero-order chi connectivity index (χ0) is 29.1. The van der Waals surface area contributed by atoms with Crippen LogP contribution >= 0.6 is 0 Å². The third kappa shape index (κ3) is 10.0. The van der Waals surface area contributed by atoms with Gasteiger partial charge in [0.15, 0.2) is 0 Å². The molecule has 1 fully saturated rings. The molecule has 1 aliphatic rings. The molecule has 7 nitrogen and oxygen atoms in total. The summed E-state index contributed by atoms with van der Waals surface area (Å²) in [5.41, 5.74) is 4.04. The molecule has 0 amide bonds. The van der Waals surface area contributed by atoms with E-state index in [9.17, 15) is 9.59 Å². The lowest BCUT2D eigenvalue weighted by Crippen LogP contribution is -2.24. The molecule has 3 rings (SSSR count). The van der Waals surface area contributed by atoms with Gasteiger partial charge in [0.1, 0.15) is 18.0 Å². The predicted molar refractivity (Wildman–Crippen MR) is 160 cm³/mol. The summed E-state index contributed by atoms with van der Waals surface area (Å²) in [6, 6.07) is 14.3. The molecule has 0 spiro atoms. The first-order chi connectivity index (χ1) is 19.1. The first kappa shape index (κ1) is 31.2. The third-order valence-electron chi connectivity index (χ3n) is 6.60. The van der Waals surface area contributed by atoms with Crippen LogP contribution in [0.1, 0.15) is 66.4 Å². The average molecular weight is 552 g/mol. The summed E-state index contributed by atoms with van der Waals surface area (Å²) >= 11 is 0. The fraction of sp³-hybridized carbons (Fsp3) is 0.515. The minimum Gasteiger partial charge on any atom is -0.491 e. The molecule has 0 radical (unpaired) electrons. The normalized spacial score (nSPS) is 15.7. The highest BCUT2D eigenvalue weighted by molar-refractivity contribution is 5.95. The van der Waals surface area contributed by atoms with E-state index in [2.05, 4.69) is 30.0 Å². The van der Waals surface area contributed by atoms with E-state index >= 15 is 0 Å². The molecular weight excluding hydrogens is 506 g/mol. The lowest BCUT2D eigenvalue weighted by molar-refractivity contribution is -0.149. The number of carbonyl (C=O) groups is 2. The summed E-state index contributed by atoms with van der Waals surface area (Å²) < 4.78 is 22.3. The first-order valence-corrected chi connectivity index (χ1v) is 14.3. The van der Waals surface area contributed by atoms with Crippen molar-refractivity contribution in [3.63, 3.8) is 0 Å². The lowest BCUT2D eigenvalue weighted by Gasteiger charge is -2.23. The lowest BCUT2D eigenvalue weighted by atomic mass is 9.99. The Bertz CT molecular complexity index is 1150. The van der Waals surface area contributed by atoms with Crippen LogP contribution < -0.4 is 9.64 Å². The first-order valence-electron chi connectivity index (χ1n) is 14.3. The van der Waals surface area contributed by atoms with E-state index in [1.165, 1.54) is 6.92 Å². The largest absolute Gasteiger partial charge is 0.491 e. The number of esters is 2. The molecule has 2 aromatic rings. The van der Waals surface area contributed by atoms with Crippen molar-refractivity contribution in [2.45, 2.75) is 66.4 Å². The van der Waals surface area contributed by atoms with Gasteiger partial charge in [0.05, 0.1) is 13.2 Å². The van der Waals surface area contributed by atoms with Crippen LogP contribution in [0.5, 0.6) is 5.75 Å². The maximum absolute atomic E-state index is 12.8. The number of rotatable bonds is 13. The van der Waals surface area contributed by atoms with Crippen molar-refractivity contribution < 1.29 is 28.5 Å². The van der Waals surface area contributed by atoms with Gasteiger partial charge in [-0.2, -0.15) is 0 Å². The fourth-order valence-electron chi connectivity index (χ4n) is 4.52. The number of nitrogens with zero attached hydrogens (tertiary/aromatic N) is 1. The Hall–Kier alpha value is -3.32. The van der Waals surface area contributed by atoms with Crippen molar-refractivity contribution in [2.75, 3.05) is 44.4 Å². The van der Waals surface area contributed by atoms with Crippen LogP contribution in [0.4, 0.5) is 5.69 Å². The molecule has 1 unspecified atom stereocenters. The molecule has 0 aromatic heterocycles. The number of benzene rings is 2. The molecule has 7 heteroatoms. The monoisotopic (exact) mass is 551 g/mol. The second kappa shape index (κ2) is 14.9. The Kier molecular flexibility index (Phi) is 11.6. The standard InChI is InChI=1S/C33H45NO6/c1-7-8-17-37-18-19-38-30-12-9-27(10-13-30)28-11-14-31(34-16-15-26(22-34)23-39-25(3)35)29(21-28)20-24(2)32(36)40-33(4,5)6/h9-14,20-21,26H,7-8,15-19,22-23H2,1-6H3/b24-20+. The Morgan fingerprint density at radius 3 is 2.40 bits per heavy atom. The SMILES string of the molecule is CCCCOCCOc1ccc(-c2ccc(N3CCC(COC(C)=O)C3)c(/C=C(\C)C(=O)OC(C)(C)C)c2)cc1. The minimum absolute atomic E-state index is 0.254. The third-order valence-corrected chi connectivity index (χ3v) is 6.60. The van der Waals surface area contributed by atoms with Crippen LogP contribution in [0.15, 0.2) is 48.0 Å². The van der Waals surface area contributed by atoms with Crippen LogP contribution in [0.2, 0.25) is 0 Å². The van der Waals surface area contributed by atoms with E-state index < -0.39 is 5.60 Å². The molecule has 1 aliphatic heterocycles. The average Bonchev–Trinajstić information content (AvgIpc) is 3.37. The van der Waals surface area contributed by atoms with E-state index in [4.69, 9.17) is 18.9 Å². The Labute approximate surface area is 239 Å². The van der Waals surface area contributed by atoms with E-state index in [0.717, 1.165) is 67.1 Å². The van der Waals surface area contributed by atoms with Crippen molar-refractivity contribution in [3.05, 3.63) is 53.6 Å². The molecule has 1 saturated heterocycles. The van der Waals surface area contributed by atoms with E-state index in [-0.39, 0.29) is 17.9 Å². The maximum Gasteiger partial charge on any atom is 0.334 e. The van der Waals surface area contributed by atoms with Crippen molar-refractivity contribution >= 4 is 23.7 Å². The molecule has 0 aliphatic carbocycles. The van der Waals surface area contributed by atoms with Crippen LogP contribution in [-0.4, -0.2) is 57.1 Å². The number of anilines is 1. The number of carbonyl (C=O) groups excluding carboxylic acids is 2. The van der Waals surface area contributed by atoms with Gasteiger partial charge in [-0.25, -0.2) is 4.79 Å². The molecule has 1 heterocycles. The quantitative estimate of drug-likeness (QED) is 0.156. The second-order valence-corrected chi connectivity index (χ2v) is 11.3. The van der Waals surface area contributed by atoms with Gasteiger partial charge in [0.25, 0.3) is 0 Å². The predicted octanol–water partition coefficient (Wildman–Crippen LogP) is 6.68. The van der Waals surface area contributed by atoms with Gasteiger partial charge in [-0.1, -0.05) is 31.5 Å². The Morgan fingerprint density at radius 2 is 1.73 bits per heavy atom. The van der Waals surface area contributed by atoms with Gasteiger partial charge in [-0.3, -0.25) is 4.79 Å². The summed E-state index contributed by atoms with van der Waals surface area (Å²) in [7, 11) is 0.